The minimum Gasteiger partial charge on any atom is -0.481 e. The molecule has 0 spiro atoms. The Balaban J connectivity index is 0.000000423. The molecule has 1 aliphatic carbocycles. The van der Waals surface area contributed by atoms with Crippen molar-refractivity contribution in [3.8, 4) is 11.8 Å². The highest BCUT2D eigenvalue weighted by Crippen LogP contribution is 2.26. The van der Waals surface area contributed by atoms with Crippen molar-refractivity contribution in [2.45, 2.75) is 44.6 Å². The molecular formula is C11H17BrO3. The molecule has 0 bridgehead atoms. The fraction of sp³-hybridized carbons (Fsp3) is 0.727. The molecule has 0 saturated heterocycles. The van der Waals surface area contributed by atoms with Gasteiger partial charge in [0.25, 0.3) is 5.97 Å². The van der Waals surface area contributed by atoms with E-state index >= 15 is 0 Å². The highest BCUT2D eigenvalue weighted by molar-refractivity contribution is 9.09. The average molecular weight is 277 g/mol. The van der Waals surface area contributed by atoms with Gasteiger partial charge in [-0.3, -0.25) is 4.79 Å². The van der Waals surface area contributed by atoms with Gasteiger partial charge in [-0.25, -0.2) is 0 Å². The molecular weight excluding hydrogens is 260 g/mol. The Kier molecular flexibility index (Phi) is 7.45. The number of hydrogen-bond donors (Lipinski definition) is 2. The molecule has 0 aromatic rings. The van der Waals surface area contributed by atoms with Crippen molar-refractivity contribution in [2.75, 3.05) is 5.33 Å². The first-order valence-electron chi connectivity index (χ1n) is 4.98. The molecule has 4 heteroatoms. The zero-order valence-corrected chi connectivity index (χ0v) is 10.5. The van der Waals surface area contributed by atoms with E-state index in [-0.39, 0.29) is 0 Å². The summed E-state index contributed by atoms with van der Waals surface area (Å²) in [5.41, 5.74) is -0.661. The van der Waals surface area contributed by atoms with E-state index in [2.05, 4.69) is 27.8 Å². The standard InChI is InChI=1S/C9H13BrO.C2H4O2/c10-8-4-7-9(11)5-2-1-3-6-9;1-2(3)4/h11H,1-3,5-6,8H2;1H3,(H,3,4). The number of aliphatic carboxylic acids is 1. The molecule has 0 aromatic heterocycles. The van der Waals surface area contributed by atoms with Crippen molar-refractivity contribution >= 4 is 21.9 Å². The topological polar surface area (TPSA) is 57.5 Å². The molecule has 0 unspecified atom stereocenters. The van der Waals surface area contributed by atoms with Crippen LogP contribution in [0.4, 0.5) is 0 Å². The molecule has 1 aliphatic rings. The van der Waals surface area contributed by atoms with E-state index in [1.165, 1.54) is 6.42 Å². The first-order valence-corrected chi connectivity index (χ1v) is 6.10. The third-order valence-corrected chi connectivity index (χ3v) is 2.35. The first-order chi connectivity index (χ1) is 7.00. The Hall–Kier alpha value is -0.530. The van der Waals surface area contributed by atoms with E-state index in [4.69, 9.17) is 9.90 Å². The minimum absolute atomic E-state index is 0.661. The summed E-state index contributed by atoms with van der Waals surface area (Å²) >= 11 is 3.22. The Morgan fingerprint density at radius 3 is 2.27 bits per heavy atom. The predicted octanol–water partition coefficient (Wildman–Crippen LogP) is 2.17. The quantitative estimate of drug-likeness (QED) is 0.527. The summed E-state index contributed by atoms with van der Waals surface area (Å²) in [7, 11) is 0. The summed E-state index contributed by atoms with van der Waals surface area (Å²) in [6, 6.07) is 0. The Morgan fingerprint density at radius 1 is 1.40 bits per heavy atom. The van der Waals surface area contributed by atoms with Crippen LogP contribution < -0.4 is 0 Å². The number of carboxylic acid groups (broad SMARTS) is 1. The van der Waals surface area contributed by atoms with Gasteiger partial charge in [0.2, 0.25) is 0 Å². The van der Waals surface area contributed by atoms with E-state index in [9.17, 15) is 5.11 Å². The number of rotatable bonds is 0. The van der Waals surface area contributed by atoms with E-state index in [1.807, 2.05) is 0 Å². The number of alkyl halides is 1. The zero-order valence-electron chi connectivity index (χ0n) is 8.92. The molecule has 0 atom stereocenters. The largest absolute Gasteiger partial charge is 0.481 e. The lowest BCUT2D eigenvalue weighted by Crippen LogP contribution is -2.29. The summed E-state index contributed by atoms with van der Waals surface area (Å²) in [5, 5.41) is 17.9. The molecule has 0 aliphatic heterocycles. The van der Waals surface area contributed by atoms with Crippen LogP contribution >= 0.6 is 15.9 Å². The second-order valence-electron chi connectivity index (χ2n) is 3.55. The number of carboxylic acids is 1. The summed E-state index contributed by atoms with van der Waals surface area (Å²) < 4.78 is 0. The van der Waals surface area contributed by atoms with E-state index in [0.29, 0.717) is 5.33 Å². The van der Waals surface area contributed by atoms with Crippen molar-refractivity contribution < 1.29 is 15.0 Å². The molecule has 3 nitrogen and oxygen atoms in total. The van der Waals surface area contributed by atoms with Crippen molar-refractivity contribution in [1.29, 1.82) is 0 Å². The lowest BCUT2D eigenvalue weighted by molar-refractivity contribution is -0.134. The summed E-state index contributed by atoms with van der Waals surface area (Å²) in [5.74, 6) is 4.95. The predicted molar refractivity (Wildman–Crippen MR) is 62.9 cm³/mol. The SMILES string of the molecule is CC(=O)O.OC1(C#CCBr)CCCCC1. The Bertz CT molecular complexity index is 242. The van der Waals surface area contributed by atoms with E-state index in [0.717, 1.165) is 32.6 Å². The van der Waals surface area contributed by atoms with Crippen LogP contribution in [0.1, 0.15) is 39.0 Å². The monoisotopic (exact) mass is 276 g/mol. The smallest absolute Gasteiger partial charge is 0.300 e. The maximum atomic E-state index is 9.81. The van der Waals surface area contributed by atoms with Crippen LogP contribution in [0.3, 0.4) is 0 Å². The lowest BCUT2D eigenvalue weighted by Gasteiger charge is -2.26. The van der Waals surface area contributed by atoms with Gasteiger partial charge in [0.15, 0.2) is 0 Å². The van der Waals surface area contributed by atoms with Crippen molar-refractivity contribution in [3.05, 3.63) is 0 Å². The molecule has 1 saturated carbocycles. The lowest BCUT2D eigenvalue weighted by atomic mass is 9.85. The molecule has 0 radical (unpaired) electrons. The Labute approximate surface area is 99.0 Å². The normalized spacial score (nSPS) is 17.8. The molecule has 15 heavy (non-hydrogen) atoms. The van der Waals surface area contributed by atoms with Crippen LogP contribution in [0.25, 0.3) is 0 Å². The van der Waals surface area contributed by atoms with Crippen molar-refractivity contribution in [2.24, 2.45) is 0 Å². The summed E-state index contributed by atoms with van der Waals surface area (Å²) in [4.78, 5) is 9.00. The van der Waals surface area contributed by atoms with Gasteiger partial charge in [0.05, 0.1) is 5.33 Å². The number of halogens is 1. The van der Waals surface area contributed by atoms with Gasteiger partial charge in [-0.1, -0.05) is 34.2 Å². The Morgan fingerprint density at radius 2 is 1.87 bits per heavy atom. The van der Waals surface area contributed by atoms with Crippen LogP contribution in [0.5, 0.6) is 0 Å². The fourth-order valence-electron chi connectivity index (χ4n) is 1.46. The van der Waals surface area contributed by atoms with E-state index in [1.54, 1.807) is 0 Å². The van der Waals surface area contributed by atoms with Crippen LogP contribution in [-0.2, 0) is 4.79 Å². The van der Waals surface area contributed by atoms with Crippen LogP contribution in [0.15, 0.2) is 0 Å². The van der Waals surface area contributed by atoms with Gasteiger partial charge in [0.1, 0.15) is 5.60 Å². The third-order valence-electron chi connectivity index (χ3n) is 2.07. The molecule has 2 N–H and O–H groups in total. The highest BCUT2D eigenvalue weighted by atomic mass is 79.9. The molecule has 0 heterocycles. The molecule has 1 fully saturated rings. The van der Waals surface area contributed by atoms with Gasteiger partial charge < -0.3 is 10.2 Å². The van der Waals surface area contributed by atoms with Crippen LogP contribution in [0, 0.1) is 11.8 Å². The summed E-state index contributed by atoms with van der Waals surface area (Å²) in [6.07, 6.45) is 5.19. The number of carbonyl (C=O) groups is 1. The zero-order chi connectivity index (χ0) is 11.7. The van der Waals surface area contributed by atoms with Gasteiger partial charge in [0, 0.05) is 6.92 Å². The van der Waals surface area contributed by atoms with Crippen molar-refractivity contribution in [3.63, 3.8) is 0 Å². The molecule has 86 valence electrons. The third kappa shape index (κ3) is 8.46. The van der Waals surface area contributed by atoms with Crippen molar-refractivity contribution in [1.82, 2.24) is 0 Å². The first kappa shape index (κ1) is 14.5. The maximum Gasteiger partial charge on any atom is 0.300 e. The van der Waals surface area contributed by atoms with Gasteiger partial charge >= 0.3 is 0 Å². The minimum atomic E-state index is -0.833. The number of hydrogen-bond acceptors (Lipinski definition) is 2. The van der Waals surface area contributed by atoms with Gasteiger partial charge in [-0.2, -0.15) is 0 Å². The van der Waals surface area contributed by atoms with Crippen LogP contribution in [0.2, 0.25) is 0 Å². The second kappa shape index (κ2) is 7.72. The highest BCUT2D eigenvalue weighted by Gasteiger charge is 2.26. The second-order valence-corrected chi connectivity index (χ2v) is 4.11. The van der Waals surface area contributed by atoms with Crippen LogP contribution in [-0.4, -0.2) is 27.1 Å². The molecule has 1 rings (SSSR count). The number of aliphatic hydroxyl groups is 1. The van der Waals surface area contributed by atoms with E-state index < -0.39 is 11.6 Å². The average Bonchev–Trinajstić information content (AvgIpc) is 2.15. The summed E-state index contributed by atoms with van der Waals surface area (Å²) in [6.45, 7) is 1.08. The fourth-order valence-corrected chi connectivity index (χ4v) is 1.60. The molecule has 0 amide bonds. The maximum absolute atomic E-state index is 9.81. The van der Waals surface area contributed by atoms with Gasteiger partial charge in [-0.05, 0) is 25.7 Å². The van der Waals surface area contributed by atoms with Gasteiger partial charge in [-0.15, -0.1) is 0 Å². The molecule has 0 aromatic carbocycles.